The van der Waals surface area contributed by atoms with E-state index in [2.05, 4.69) is 10.4 Å². The van der Waals surface area contributed by atoms with Crippen LogP contribution in [0.1, 0.15) is 36.2 Å². The summed E-state index contributed by atoms with van der Waals surface area (Å²) in [6, 6.07) is 10.0. The summed E-state index contributed by atoms with van der Waals surface area (Å²) >= 11 is 0. The maximum Gasteiger partial charge on any atom is 0.227 e. The van der Waals surface area contributed by atoms with E-state index in [4.69, 9.17) is 0 Å². The van der Waals surface area contributed by atoms with Gasteiger partial charge < -0.3 is 15.3 Å². The average Bonchev–Trinajstić information content (AvgIpc) is 2.99. The van der Waals surface area contributed by atoms with Crippen LogP contribution >= 0.6 is 0 Å². The zero-order valence-electron chi connectivity index (χ0n) is 16.8. The van der Waals surface area contributed by atoms with Gasteiger partial charge in [-0.25, -0.2) is 4.68 Å². The number of aromatic nitrogens is 2. The lowest BCUT2D eigenvalue weighted by atomic mass is 9.72. The number of amides is 1. The van der Waals surface area contributed by atoms with Crippen LogP contribution in [0.5, 0.6) is 0 Å². The summed E-state index contributed by atoms with van der Waals surface area (Å²) in [6.45, 7) is 7.07. The first-order valence-corrected chi connectivity index (χ1v) is 10.3. The number of aryl methyl sites for hydroxylation is 1. The Hall–Kier alpha value is -2.18. The van der Waals surface area contributed by atoms with Crippen molar-refractivity contribution in [3.8, 4) is 5.69 Å². The van der Waals surface area contributed by atoms with Gasteiger partial charge in [0.05, 0.1) is 23.9 Å². The van der Waals surface area contributed by atoms with E-state index in [1.165, 1.54) is 0 Å². The van der Waals surface area contributed by atoms with Crippen molar-refractivity contribution >= 4 is 5.91 Å². The Bertz CT molecular complexity index is 844. The SMILES string of the molecule is Cc1nn(-c2ccccc2)c(C)c1CC(=O)N1CCC[C@]2(CNCC[C@@H]2O)C1. The average molecular weight is 383 g/mol. The number of rotatable bonds is 3. The van der Waals surface area contributed by atoms with Gasteiger partial charge in [0.15, 0.2) is 0 Å². The number of piperidine rings is 2. The fourth-order valence-electron chi connectivity index (χ4n) is 4.80. The minimum atomic E-state index is -0.325. The molecule has 2 aliphatic heterocycles. The Morgan fingerprint density at radius 1 is 1.32 bits per heavy atom. The molecule has 2 N–H and O–H groups in total. The molecule has 2 aromatic rings. The van der Waals surface area contributed by atoms with Gasteiger partial charge in [-0.1, -0.05) is 18.2 Å². The normalized spacial score (nSPS) is 25.2. The molecule has 6 heteroatoms. The second-order valence-electron chi connectivity index (χ2n) is 8.34. The number of likely N-dealkylation sites (tertiary alicyclic amines) is 1. The third-order valence-corrected chi connectivity index (χ3v) is 6.51. The molecule has 0 saturated carbocycles. The molecule has 0 unspecified atom stereocenters. The van der Waals surface area contributed by atoms with E-state index in [-0.39, 0.29) is 17.4 Å². The van der Waals surface area contributed by atoms with Crippen molar-refractivity contribution in [3.05, 3.63) is 47.3 Å². The van der Waals surface area contributed by atoms with Crippen LogP contribution in [-0.4, -0.2) is 58.0 Å². The number of nitrogens with zero attached hydrogens (tertiary/aromatic N) is 3. The van der Waals surface area contributed by atoms with Gasteiger partial charge in [-0.15, -0.1) is 0 Å². The summed E-state index contributed by atoms with van der Waals surface area (Å²) in [7, 11) is 0. The lowest BCUT2D eigenvalue weighted by molar-refractivity contribution is -0.137. The molecule has 6 nitrogen and oxygen atoms in total. The standard InChI is InChI=1S/C22H30N4O2/c1-16-19(17(2)26(24-16)18-7-4-3-5-8-18)13-21(28)25-12-6-10-22(15-25)14-23-11-9-20(22)27/h3-5,7-8,20,23,27H,6,9-15H2,1-2H3/t20-,22-/m0/s1. The molecule has 2 fully saturated rings. The van der Waals surface area contributed by atoms with Crippen LogP contribution in [0.15, 0.2) is 30.3 Å². The summed E-state index contributed by atoms with van der Waals surface area (Å²) in [4.78, 5) is 15.1. The number of nitrogens with one attached hydrogen (secondary N) is 1. The van der Waals surface area contributed by atoms with Gasteiger partial charge in [-0.2, -0.15) is 5.10 Å². The predicted molar refractivity (Wildman–Crippen MR) is 108 cm³/mol. The molecule has 0 radical (unpaired) electrons. The van der Waals surface area contributed by atoms with Crippen LogP contribution in [0.3, 0.4) is 0 Å². The van der Waals surface area contributed by atoms with E-state index in [9.17, 15) is 9.90 Å². The first-order valence-electron chi connectivity index (χ1n) is 10.3. The predicted octanol–water partition coefficient (Wildman–Crippen LogP) is 1.99. The number of para-hydroxylation sites is 1. The summed E-state index contributed by atoms with van der Waals surface area (Å²) in [5.74, 6) is 0.135. The fourth-order valence-corrected chi connectivity index (χ4v) is 4.80. The number of benzene rings is 1. The highest BCUT2D eigenvalue weighted by Crippen LogP contribution is 2.36. The molecular formula is C22H30N4O2. The molecule has 2 aliphatic rings. The van der Waals surface area contributed by atoms with Crippen LogP contribution in [0, 0.1) is 19.3 Å². The Morgan fingerprint density at radius 3 is 2.86 bits per heavy atom. The minimum absolute atomic E-state index is 0.135. The van der Waals surface area contributed by atoms with Gasteiger partial charge in [0, 0.05) is 36.3 Å². The maximum absolute atomic E-state index is 13.1. The van der Waals surface area contributed by atoms with Gasteiger partial charge >= 0.3 is 0 Å². The Balaban J connectivity index is 1.52. The molecule has 0 aliphatic carbocycles. The van der Waals surface area contributed by atoms with Crippen molar-refractivity contribution in [3.63, 3.8) is 0 Å². The quantitative estimate of drug-likeness (QED) is 0.852. The van der Waals surface area contributed by atoms with E-state index in [1.807, 2.05) is 53.8 Å². The highest BCUT2D eigenvalue weighted by atomic mass is 16.3. The molecule has 0 bridgehead atoms. The molecule has 1 spiro atoms. The number of carbonyl (C=O) groups excluding carboxylic acids is 1. The minimum Gasteiger partial charge on any atom is -0.392 e. The van der Waals surface area contributed by atoms with Crippen molar-refractivity contribution < 1.29 is 9.90 Å². The Labute approximate surface area is 166 Å². The van der Waals surface area contributed by atoms with Gasteiger partial charge in [-0.05, 0) is 51.8 Å². The molecule has 2 saturated heterocycles. The zero-order valence-corrected chi connectivity index (χ0v) is 16.8. The number of hydrogen-bond acceptors (Lipinski definition) is 4. The van der Waals surface area contributed by atoms with Crippen LogP contribution in [0.2, 0.25) is 0 Å². The van der Waals surface area contributed by atoms with Gasteiger partial charge in [0.1, 0.15) is 0 Å². The second-order valence-corrected chi connectivity index (χ2v) is 8.34. The molecule has 150 valence electrons. The lowest BCUT2D eigenvalue weighted by Crippen LogP contribution is -2.59. The number of aliphatic hydroxyl groups excluding tert-OH is 1. The van der Waals surface area contributed by atoms with E-state index in [0.29, 0.717) is 13.0 Å². The van der Waals surface area contributed by atoms with Crippen molar-refractivity contribution in [1.82, 2.24) is 20.0 Å². The molecular weight excluding hydrogens is 352 g/mol. The van der Waals surface area contributed by atoms with Crippen molar-refractivity contribution in [2.24, 2.45) is 5.41 Å². The summed E-state index contributed by atoms with van der Waals surface area (Å²) in [5, 5.41) is 18.7. The first kappa shape index (κ1) is 19.2. The maximum atomic E-state index is 13.1. The van der Waals surface area contributed by atoms with Crippen LogP contribution in [0.25, 0.3) is 5.69 Å². The summed E-state index contributed by atoms with van der Waals surface area (Å²) in [6.07, 6.45) is 2.74. The molecule has 1 aromatic heterocycles. The highest BCUT2D eigenvalue weighted by Gasteiger charge is 2.44. The largest absolute Gasteiger partial charge is 0.392 e. The van der Waals surface area contributed by atoms with Crippen LogP contribution in [0.4, 0.5) is 0 Å². The van der Waals surface area contributed by atoms with Gasteiger partial charge in [-0.3, -0.25) is 4.79 Å². The number of aliphatic hydroxyl groups is 1. The molecule has 1 amide bonds. The van der Waals surface area contributed by atoms with Crippen LogP contribution < -0.4 is 5.32 Å². The van der Waals surface area contributed by atoms with Crippen molar-refractivity contribution in [2.45, 2.75) is 45.6 Å². The van der Waals surface area contributed by atoms with E-state index in [0.717, 1.165) is 61.5 Å². The second kappa shape index (κ2) is 7.68. The fraction of sp³-hybridized carbons (Fsp3) is 0.545. The Kier molecular flexibility index (Phi) is 5.25. The molecule has 1 aromatic carbocycles. The van der Waals surface area contributed by atoms with Gasteiger partial charge in [0.25, 0.3) is 0 Å². The number of carbonyl (C=O) groups is 1. The topological polar surface area (TPSA) is 70.4 Å². The first-order chi connectivity index (χ1) is 13.5. The summed E-state index contributed by atoms with van der Waals surface area (Å²) in [5.41, 5.74) is 3.75. The van der Waals surface area contributed by atoms with Crippen LogP contribution in [-0.2, 0) is 11.2 Å². The monoisotopic (exact) mass is 382 g/mol. The van der Waals surface area contributed by atoms with E-state index < -0.39 is 0 Å². The van der Waals surface area contributed by atoms with E-state index >= 15 is 0 Å². The third-order valence-electron chi connectivity index (χ3n) is 6.51. The molecule has 28 heavy (non-hydrogen) atoms. The summed E-state index contributed by atoms with van der Waals surface area (Å²) < 4.78 is 1.92. The smallest absolute Gasteiger partial charge is 0.227 e. The molecule has 4 rings (SSSR count). The lowest BCUT2D eigenvalue weighted by Gasteiger charge is -2.48. The van der Waals surface area contributed by atoms with E-state index in [1.54, 1.807) is 0 Å². The van der Waals surface area contributed by atoms with Gasteiger partial charge in [0.2, 0.25) is 5.91 Å². The van der Waals surface area contributed by atoms with Crippen molar-refractivity contribution in [2.75, 3.05) is 26.2 Å². The molecule has 2 atom stereocenters. The zero-order chi connectivity index (χ0) is 19.7. The Morgan fingerprint density at radius 2 is 2.11 bits per heavy atom. The third kappa shape index (κ3) is 3.47. The highest BCUT2D eigenvalue weighted by molar-refractivity contribution is 5.79. The molecule has 3 heterocycles. The number of hydrogen-bond donors (Lipinski definition) is 2. The van der Waals surface area contributed by atoms with Crippen molar-refractivity contribution in [1.29, 1.82) is 0 Å².